The molecule has 0 radical (unpaired) electrons. The van der Waals surface area contributed by atoms with Gasteiger partial charge in [0.25, 0.3) is 0 Å². The van der Waals surface area contributed by atoms with E-state index in [1.165, 1.54) is 6.20 Å². The lowest BCUT2D eigenvalue weighted by molar-refractivity contribution is 0.1000. The minimum Gasteiger partial charge on any atom is -0.366 e. The normalized spacial score (nSPS) is 10.4. The summed E-state index contributed by atoms with van der Waals surface area (Å²) in [5, 5.41) is 0. The van der Waals surface area contributed by atoms with E-state index in [9.17, 15) is 4.79 Å². The van der Waals surface area contributed by atoms with Gasteiger partial charge in [-0.2, -0.15) is 0 Å². The monoisotopic (exact) mass is 231 g/mol. The van der Waals surface area contributed by atoms with Gasteiger partial charge in [0.2, 0.25) is 5.91 Å². The molecule has 0 aromatic carbocycles. The zero-order chi connectivity index (χ0) is 12.3. The van der Waals surface area contributed by atoms with E-state index in [2.05, 4.69) is 9.97 Å². The molecular formula is C11H13N5O. The molecule has 0 spiro atoms. The van der Waals surface area contributed by atoms with Crippen LogP contribution in [0.15, 0.2) is 30.7 Å². The first-order chi connectivity index (χ1) is 8.22. The fourth-order valence-electron chi connectivity index (χ4n) is 1.53. The topological polar surface area (TPSA) is 99.8 Å². The number of aromatic nitrogens is 3. The fraction of sp³-hybridized carbons (Fsp3) is 0.182. The van der Waals surface area contributed by atoms with Crippen LogP contribution in [0.25, 0.3) is 5.82 Å². The molecule has 6 heteroatoms. The minimum atomic E-state index is -0.489. The second kappa shape index (κ2) is 4.75. The highest BCUT2D eigenvalue weighted by Crippen LogP contribution is 2.09. The van der Waals surface area contributed by atoms with Crippen molar-refractivity contribution in [3.63, 3.8) is 0 Å². The first-order valence-corrected chi connectivity index (χ1v) is 5.21. The van der Waals surface area contributed by atoms with Crippen molar-refractivity contribution < 1.29 is 4.79 Å². The molecule has 2 heterocycles. The summed E-state index contributed by atoms with van der Waals surface area (Å²) in [5.74, 6) is 1.04. The van der Waals surface area contributed by atoms with E-state index in [0.717, 1.165) is 5.82 Å². The molecule has 0 fully saturated rings. The third-order valence-electron chi connectivity index (χ3n) is 2.36. The molecule has 4 N–H and O–H groups in total. The summed E-state index contributed by atoms with van der Waals surface area (Å²) < 4.78 is 1.83. The Labute approximate surface area is 98.3 Å². The van der Waals surface area contributed by atoms with E-state index in [0.29, 0.717) is 24.3 Å². The molecule has 0 atom stereocenters. The van der Waals surface area contributed by atoms with Crippen LogP contribution in [0.5, 0.6) is 0 Å². The molecule has 88 valence electrons. The summed E-state index contributed by atoms with van der Waals surface area (Å²) in [5.41, 5.74) is 11.0. The molecule has 0 bridgehead atoms. The maximum absolute atomic E-state index is 10.9. The lowest BCUT2D eigenvalue weighted by Crippen LogP contribution is -2.12. The number of hydrogen-bond acceptors (Lipinski definition) is 4. The van der Waals surface area contributed by atoms with Gasteiger partial charge < -0.3 is 11.5 Å². The van der Waals surface area contributed by atoms with Gasteiger partial charge in [-0.3, -0.25) is 9.36 Å². The Kier molecular flexibility index (Phi) is 3.15. The lowest BCUT2D eigenvalue weighted by Gasteiger charge is -2.06. The number of nitrogens with zero attached hydrogens (tertiary/aromatic N) is 3. The number of imidazole rings is 1. The van der Waals surface area contributed by atoms with Crippen LogP contribution in [0.3, 0.4) is 0 Å². The summed E-state index contributed by atoms with van der Waals surface area (Å²) in [6, 6.07) is 3.36. The predicted octanol–water partition coefficient (Wildman–Crippen LogP) is -0.133. The molecule has 2 aromatic rings. The maximum Gasteiger partial charge on any atom is 0.250 e. The third-order valence-corrected chi connectivity index (χ3v) is 2.36. The number of pyridine rings is 1. The SMILES string of the molecule is NCCc1nccn1-c1ccc(C(N)=O)cn1. The van der Waals surface area contributed by atoms with Crippen molar-refractivity contribution in [2.75, 3.05) is 6.54 Å². The van der Waals surface area contributed by atoms with Gasteiger partial charge in [0.05, 0.1) is 5.56 Å². The van der Waals surface area contributed by atoms with Crippen LogP contribution >= 0.6 is 0 Å². The van der Waals surface area contributed by atoms with Crippen LogP contribution < -0.4 is 11.5 Å². The van der Waals surface area contributed by atoms with Crippen LogP contribution in [0.4, 0.5) is 0 Å². The number of nitrogens with two attached hydrogens (primary N) is 2. The number of amides is 1. The van der Waals surface area contributed by atoms with E-state index in [1.807, 2.05) is 4.57 Å². The van der Waals surface area contributed by atoms with Crippen molar-refractivity contribution in [2.24, 2.45) is 11.5 Å². The van der Waals surface area contributed by atoms with Crippen LogP contribution in [-0.4, -0.2) is 27.0 Å². The summed E-state index contributed by atoms with van der Waals surface area (Å²) in [6.45, 7) is 0.524. The van der Waals surface area contributed by atoms with Crippen molar-refractivity contribution in [3.8, 4) is 5.82 Å². The summed E-state index contributed by atoms with van der Waals surface area (Å²) >= 11 is 0. The molecule has 0 aliphatic rings. The van der Waals surface area contributed by atoms with Gasteiger partial charge >= 0.3 is 0 Å². The van der Waals surface area contributed by atoms with E-state index in [1.54, 1.807) is 24.5 Å². The number of primary amides is 1. The summed E-state index contributed by atoms with van der Waals surface area (Å²) in [6.07, 6.45) is 5.61. The molecule has 0 saturated heterocycles. The number of carbonyl (C=O) groups is 1. The largest absolute Gasteiger partial charge is 0.366 e. The van der Waals surface area contributed by atoms with Gasteiger partial charge in [-0.25, -0.2) is 9.97 Å². The van der Waals surface area contributed by atoms with Gasteiger partial charge in [-0.1, -0.05) is 0 Å². The van der Waals surface area contributed by atoms with Gasteiger partial charge in [0.1, 0.15) is 11.6 Å². The highest BCUT2D eigenvalue weighted by molar-refractivity contribution is 5.92. The molecular weight excluding hydrogens is 218 g/mol. The van der Waals surface area contributed by atoms with Crippen molar-refractivity contribution in [1.29, 1.82) is 0 Å². The molecule has 17 heavy (non-hydrogen) atoms. The number of rotatable bonds is 4. The zero-order valence-electron chi connectivity index (χ0n) is 9.21. The highest BCUT2D eigenvalue weighted by atomic mass is 16.1. The summed E-state index contributed by atoms with van der Waals surface area (Å²) in [4.78, 5) is 19.3. The molecule has 6 nitrogen and oxygen atoms in total. The van der Waals surface area contributed by atoms with Crippen molar-refractivity contribution in [1.82, 2.24) is 14.5 Å². The van der Waals surface area contributed by atoms with Crippen molar-refractivity contribution >= 4 is 5.91 Å². The molecule has 0 saturated carbocycles. The van der Waals surface area contributed by atoms with Crippen LogP contribution in [0, 0.1) is 0 Å². The smallest absolute Gasteiger partial charge is 0.250 e. The molecule has 0 unspecified atom stereocenters. The lowest BCUT2D eigenvalue weighted by atomic mass is 10.3. The van der Waals surface area contributed by atoms with Gasteiger partial charge in [-0.15, -0.1) is 0 Å². The Morgan fingerprint density at radius 3 is 2.76 bits per heavy atom. The van der Waals surface area contributed by atoms with E-state index < -0.39 is 5.91 Å². The Morgan fingerprint density at radius 2 is 2.18 bits per heavy atom. The van der Waals surface area contributed by atoms with E-state index in [4.69, 9.17) is 11.5 Å². The van der Waals surface area contributed by atoms with Crippen LogP contribution in [0.1, 0.15) is 16.2 Å². The van der Waals surface area contributed by atoms with E-state index >= 15 is 0 Å². The first-order valence-electron chi connectivity index (χ1n) is 5.21. The van der Waals surface area contributed by atoms with Crippen LogP contribution in [0.2, 0.25) is 0 Å². The van der Waals surface area contributed by atoms with E-state index in [-0.39, 0.29) is 0 Å². The quantitative estimate of drug-likeness (QED) is 0.765. The molecule has 1 amide bonds. The van der Waals surface area contributed by atoms with Crippen molar-refractivity contribution in [2.45, 2.75) is 6.42 Å². The Balaban J connectivity index is 2.33. The second-order valence-corrected chi connectivity index (χ2v) is 3.52. The predicted molar refractivity (Wildman–Crippen MR) is 62.6 cm³/mol. The minimum absolute atomic E-state index is 0.384. The summed E-state index contributed by atoms with van der Waals surface area (Å²) in [7, 11) is 0. The zero-order valence-corrected chi connectivity index (χ0v) is 9.21. The molecule has 0 aliphatic carbocycles. The first kappa shape index (κ1) is 11.3. The Bertz CT molecular complexity index is 517. The highest BCUT2D eigenvalue weighted by Gasteiger charge is 2.06. The average Bonchev–Trinajstić information content (AvgIpc) is 2.78. The van der Waals surface area contributed by atoms with Gasteiger partial charge in [-0.05, 0) is 18.7 Å². The molecule has 2 aromatic heterocycles. The Hall–Kier alpha value is -2.21. The van der Waals surface area contributed by atoms with Crippen LogP contribution in [-0.2, 0) is 6.42 Å². The number of carbonyl (C=O) groups excluding carboxylic acids is 1. The van der Waals surface area contributed by atoms with Gasteiger partial charge in [0, 0.05) is 25.0 Å². The third kappa shape index (κ3) is 2.31. The fourth-order valence-corrected chi connectivity index (χ4v) is 1.53. The molecule has 2 rings (SSSR count). The average molecular weight is 231 g/mol. The Morgan fingerprint density at radius 1 is 1.35 bits per heavy atom. The maximum atomic E-state index is 10.9. The van der Waals surface area contributed by atoms with Gasteiger partial charge in [0.15, 0.2) is 0 Å². The number of hydrogen-bond donors (Lipinski definition) is 2. The second-order valence-electron chi connectivity index (χ2n) is 3.52. The van der Waals surface area contributed by atoms with Crippen molar-refractivity contribution in [3.05, 3.63) is 42.1 Å². The molecule has 0 aliphatic heterocycles. The standard InChI is InChI=1S/C11H13N5O/c12-4-3-10-14-5-6-16(10)9-2-1-8(7-15-9)11(13)17/h1-2,5-7H,3-4,12H2,(H2,13,17).